The van der Waals surface area contributed by atoms with Gasteiger partial charge < -0.3 is 14.1 Å². The topological polar surface area (TPSA) is 83.5 Å². The summed E-state index contributed by atoms with van der Waals surface area (Å²) in [5.41, 5.74) is 2.70. The predicted molar refractivity (Wildman–Crippen MR) is 87.5 cm³/mol. The molecule has 0 aliphatic rings. The minimum absolute atomic E-state index is 0.0396. The van der Waals surface area contributed by atoms with Crippen LogP contribution in [0.4, 0.5) is 5.69 Å². The summed E-state index contributed by atoms with van der Waals surface area (Å²) >= 11 is 0. The number of hydrogen-bond acceptors (Lipinski definition) is 5. The van der Waals surface area contributed by atoms with Crippen molar-refractivity contribution in [3.05, 3.63) is 53.5 Å². The second-order valence-electron chi connectivity index (χ2n) is 5.35. The van der Waals surface area contributed by atoms with Gasteiger partial charge in [0.25, 0.3) is 5.91 Å². The molecular weight excluding hydrogens is 308 g/mol. The number of nitrogens with zero attached hydrogens (tertiary/aromatic N) is 2. The number of furan rings is 1. The molecule has 0 aliphatic heterocycles. The molecule has 24 heavy (non-hydrogen) atoms. The molecular formula is C18H18N2O4. The molecule has 1 aromatic heterocycles. The van der Waals surface area contributed by atoms with Crippen molar-refractivity contribution in [3.63, 3.8) is 0 Å². The van der Waals surface area contributed by atoms with Crippen molar-refractivity contribution in [2.45, 2.75) is 20.3 Å². The van der Waals surface area contributed by atoms with E-state index in [9.17, 15) is 9.59 Å². The molecule has 0 spiro atoms. The first-order chi connectivity index (χ1) is 11.5. The van der Waals surface area contributed by atoms with E-state index < -0.39 is 18.5 Å². The van der Waals surface area contributed by atoms with Crippen LogP contribution in [-0.2, 0) is 9.53 Å². The number of esters is 1. The van der Waals surface area contributed by atoms with Gasteiger partial charge in [-0.3, -0.25) is 4.79 Å². The third-order valence-corrected chi connectivity index (χ3v) is 3.32. The smallest absolute Gasteiger partial charge is 0.374 e. The van der Waals surface area contributed by atoms with E-state index in [2.05, 4.69) is 0 Å². The molecule has 1 amide bonds. The molecule has 1 aromatic carbocycles. The molecule has 6 heteroatoms. The lowest BCUT2D eigenvalue weighted by molar-refractivity contribution is -0.121. The molecule has 0 radical (unpaired) electrons. The Kier molecular flexibility index (Phi) is 5.74. The number of carbonyl (C=O) groups excluding carboxylic acids is 2. The molecule has 1 heterocycles. The van der Waals surface area contributed by atoms with Crippen LogP contribution >= 0.6 is 0 Å². The first-order valence-electron chi connectivity index (χ1n) is 7.47. The number of carbonyl (C=O) groups is 2. The molecule has 124 valence electrons. The van der Waals surface area contributed by atoms with Gasteiger partial charge in [-0.1, -0.05) is 6.07 Å². The van der Waals surface area contributed by atoms with E-state index in [1.165, 1.54) is 17.2 Å². The third kappa shape index (κ3) is 4.46. The van der Waals surface area contributed by atoms with E-state index in [1.807, 2.05) is 38.1 Å². The first-order valence-corrected chi connectivity index (χ1v) is 7.47. The van der Waals surface area contributed by atoms with Gasteiger partial charge >= 0.3 is 5.97 Å². The maximum atomic E-state index is 12.5. The molecule has 2 rings (SSSR count). The highest BCUT2D eigenvalue weighted by molar-refractivity contribution is 5.96. The van der Waals surface area contributed by atoms with E-state index in [0.717, 1.165) is 11.1 Å². The molecule has 0 fully saturated rings. The Labute approximate surface area is 140 Å². The van der Waals surface area contributed by atoms with Crippen molar-refractivity contribution in [1.82, 2.24) is 0 Å². The predicted octanol–water partition coefficient (Wildman–Crippen LogP) is 3.00. The molecule has 0 N–H and O–H groups in total. The molecule has 2 aromatic rings. The van der Waals surface area contributed by atoms with E-state index in [-0.39, 0.29) is 18.7 Å². The number of anilines is 1. The summed E-state index contributed by atoms with van der Waals surface area (Å²) in [6.07, 6.45) is 1.54. The van der Waals surface area contributed by atoms with Gasteiger partial charge in [0.2, 0.25) is 5.76 Å². The number of benzene rings is 1. The Balaban J connectivity index is 2.10. The van der Waals surface area contributed by atoms with Crippen LogP contribution in [0.1, 0.15) is 28.1 Å². The first kappa shape index (κ1) is 17.3. The second-order valence-corrected chi connectivity index (χ2v) is 5.35. The summed E-state index contributed by atoms with van der Waals surface area (Å²) in [4.78, 5) is 25.7. The molecule has 6 nitrogen and oxygen atoms in total. The van der Waals surface area contributed by atoms with Gasteiger partial charge in [-0.2, -0.15) is 5.26 Å². The molecule has 0 unspecified atom stereocenters. The van der Waals surface area contributed by atoms with Gasteiger partial charge in [-0.15, -0.1) is 0 Å². The summed E-state index contributed by atoms with van der Waals surface area (Å²) in [7, 11) is 0. The van der Waals surface area contributed by atoms with Crippen LogP contribution in [0.25, 0.3) is 0 Å². The average Bonchev–Trinajstić information content (AvgIpc) is 3.06. The summed E-state index contributed by atoms with van der Waals surface area (Å²) in [6.45, 7) is 3.68. The minimum Gasteiger partial charge on any atom is -0.457 e. The van der Waals surface area contributed by atoms with E-state index in [4.69, 9.17) is 14.4 Å². The van der Waals surface area contributed by atoms with Gasteiger partial charge in [0.15, 0.2) is 6.61 Å². The van der Waals surface area contributed by atoms with E-state index in [0.29, 0.717) is 5.69 Å². The highest BCUT2D eigenvalue weighted by atomic mass is 16.5. The normalized spacial score (nSPS) is 10.0. The van der Waals surface area contributed by atoms with Gasteiger partial charge in [0.05, 0.1) is 18.8 Å². The molecule has 0 saturated heterocycles. The van der Waals surface area contributed by atoms with Crippen molar-refractivity contribution < 1.29 is 18.7 Å². The lowest BCUT2D eigenvalue weighted by atomic mass is 10.1. The van der Waals surface area contributed by atoms with Gasteiger partial charge in [-0.25, -0.2) is 4.79 Å². The molecule has 0 aliphatic carbocycles. The van der Waals surface area contributed by atoms with Crippen LogP contribution in [-0.4, -0.2) is 25.0 Å². The molecule has 0 bridgehead atoms. The van der Waals surface area contributed by atoms with Crippen LogP contribution in [0.2, 0.25) is 0 Å². The number of amides is 1. The van der Waals surface area contributed by atoms with Crippen molar-refractivity contribution >= 4 is 17.6 Å². The maximum absolute atomic E-state index is 12.5. The highest BCUT2D eigenvalue weighted by Gasteiger charge is 2.19. The van der Waals surface area contributed by atoms with Crippen molar-refractivity contribution in [2.24, 2.45) is 0 Å². The number of rotatable bonds is 6. The number of ether oxygens (including phenoxy) is 1. The zero-order valence-corrected chi connectivity index (χ0v) is 13.6. The Hall–Kier alpha value is -3.07. The maximum Gasteiger partial charge on any atom is 0.374 e. The van der Waals surface area contributed by atoms with Gasteiger partial charge in [0, 0.05) is 12.2 Å². The fourth-order valence-corrected chi connectivity index (χ4v) is 2.34. The molecule has 0 atom stereocenters. The fraction of sp³-hybridized carbons (Fsp3) is 0.278. The Morgan fingerprint density at radius 2 is 1.96 bits per heavy atom. The number of nitriles is 1. The fourth-order valence-electron chi connectivity index (χ4n) is 2.34. The zero-order valence-electron chi connectivity index (χ0n) is 13.6. The summed E-state index contributed by atoms with van der Waals surface area (Å²) in [6, 6.07) is 10.8. The Bertz CT molecular complexity index is 740. The Morgan fingerprint density at radius 1 is 1.25 bits per heavy atom. The van der Waals surface area contributed by atoms with Gasteiger partial charge in [-0.05, 0) is 49.2 Å². The lowest BCUT2D eigenvalue weighted by Crippen LogP contribution is -2.35. The summed E-state index contributed by atoms with van der Waals surface area (Å²) in [5.74, 6) is -1.05. The third-order valence-electron chi connectivity index (χ3n) is 3.32. The van der Waals surface area contributed by atoms with Crippen LogP contribution < -0.4 is 4.90 Å². The summed E-state index contributed by atoms with van der Waals surface area (Å²) < 4.78 is 9.91. The van der Waals surface area contributed by atoms with Crippen molar-refractivity contribution in [1.29, 1.82) is 5.26 Å². The quantitative estimate of drug-likeness (QED) is 0.762. The number of aryl methyl sites for hydroxylation is 2. The zero-order chi connectivity index (χ0) is 17.5. The van der Waals surface area contributed by atoms with E-state index in [1.54, 1.807) is 6.07 Å². The highest BCUT2D eigenvalue weighted by Crippen LogP contribution is 2.19. The van der Waals surface area contributed by atoms with Gasteiger partial charge in [0.1, 0.15) is 0 Å². The van der Waals surface area contributed by atoms with Crippen LogP contribution in [0, 0.1) is 25.2 Å². The van der Waals surface area contributed by atoms with E-state index >= 15 is 0 Å². The van der Waals surface area contributed by atoms with Crippen molar-refractivity contribution in [3.8, 4) is 6.07 Å². The average molecular weight is 326 g/mol. The Morgan fingerprint density at radius 3 is 2.54 bits per heavy atom. The van der Waals surface area contributed by atoms with Crippen molar-refractivity contribution in [2.75, 3.05) is 18.1 Å². The lowest BCUT2D eigenvalue weighted by Gasteiger charge is -2.22. The van der Waals surface area contributed by atoms with Crippen LogP contribution in [0.3, 0.4) is 0 Å². The minimum atomic E-state index is -0.700. The monoisotopic (exact) mass is 326 g/mol. The van der Waals surface area contributed by atoms with Crippen LogP contribution in [0.15, 0.2) is 41.0 Å². The second kappa shape index (κ2) is 7.97. The standard InChI is InChI=1S/C18H18N2O4/c1-13-9-14(2)11-15(10-13)20(7-4-6-19)17(21)12-24-18(22)16-5-3-8-23-16/h3,5,8-11H,4,7,12H2,1-2H3. The molecule has 0 saturated carbocycles. The largest absolute Gasteiger partial charge is 0.457 e. The SMILES string of the molecule is Cc1cc(C)cc(N(CCC#N)C(=O)COC(=O)c2ccco2)c1. The summed E-state index contributed by atoms with van der Waals surface area (Å²) in [5, 5.41) is 8.81. The van der Waals surface area contributed by atoms with Crippen LogP contribution in [0.5, 0.6) is 0 Å². The number of hydrogen-bond donors (Lipinski definition) is 0.